The quantitative estimate of drug-likeness (QED) is 0.792. The summed E-state index contributed by atoms with van der Waals surface area (Å²) in [6.45, 7) is 6.10. The molecule has 0 unspecified atom stereocenters. The van der Waals surface area contributed by atoms with E-state index in [1.807, 2.05) is 18.2 Å². The molecule has 0 bridgehead atoms. The van der Waals surface area contributed by atoms with E-state index in [2.05, 4.69) is 18.7 Å². The van der Waals surface area contributed by atoms with E-state index >= 15 is 0 Å². The van der Waals surface area contributed by atoms with Gasteiger partial charge in [0.15, 0.2) is 5.43 Å². The summed E-state index contributed by atoms with van der Waals surface area (Å²) in [6.07, 6.45) is 1.44. The molecule has 1 aromatic carbocycles. The molecule has 0 radical (unpaired) electrons. The third kappa shape index (κ3) is 1.81. The van der Waals surface area contributed by atoms with Gasteiger partial charge in [0.05, 0.1) is 11.6 Å². The number of hydrogen-bond acceptors (Lipinski definition) is 3. The minimum Gasteiger partial charge on any atom is -0.464 e. The van der Waals surface area contributed by atoms with Crippen LogP contribution in [0, 0.1) is 0 Å². The van der Waals surface area contributed by atoms with Crippen LogP contribution in [0.15, 0.2) is 39.7 Å². The summed E-state index contributed by atoms with van der Waals surface area (Å²) < 4.78 is 5.35. The van der Waals surface area contributed by atoms with Crippen LogP contribution < -0.4 is 10.3 Å². The highest BCUT2D eigenvalue weighted by molar-refractivity contribution is 5.80. The molecule has 0 aliphatic rings. The summed E-state index contributed by atoms with van der Waals surface area (Å²) in [6, 6.07) is 7.16. The first-order chi connectivity index (χ1) is 7.76. The van der Waals surface area contributed by atoms with Crippen LogP contribution in [-0.2, 0) is 0 Å². The fourth-order valence-corrected chi connectivity index (χ4v) is 1.86. The van der Waals surface area contributed by atoms with Crippen LogP contribution in [0.3, 0.4) is 0 Å². The Morgan fingerprint density at radius 1 is 1.19 bits per heavy atom. The van der Waals surface area contributed by atoms with Gasteiger partial charge in [-0.05, 0) is 26.0 Å². The smallest absolute Gasteiger partial charge is 0.192 e. The molecule has 1 heterocycles. The number of rotatable bonds is 3. The molecular formula is C13H15NO2. The molecule has 1 aromatic heterocycles. The summed E-state index contributed by atoms with van der Waals surface area (Å²) in [4.78, 5) is 13.7. The van der Waals surface area contributed by atoms with Crippen molar-refractivity contribution in [1.29, 1.82) is 0 Å². The average molecular weight is 217 g/mol. The number of nitrogens with zero attached hydrogens (tertiary/aromatic N) is 1. The Balaban J connectivity index is 2.56. The van der Waals surface area contributed by atoms with Crippen LogP contribution in [0.25, 0.3) is 11.0 Å². The van der Waals surface area contributed by atoms with Crippen molar-refractivity contribution < 1.29 is 4.42 Å². The van der Waals surface area contributed by atoms with Crippen LogP contribution >= 0.6 is 0 Å². The molecule has 2 rings (SSSR count). The first-order valence-corrected chi connectivity index (χ1v) is 5.52. The highest BCUT2D eigenvalue weighted by Gasteiger charge is 2.05. The Morgan fingerprint density at radius 3 is 2.62 bits per heavy atom. The van der Waals surface area contributed by atoms with Gasteiger partial charge in [0.2, 0.25) is 0 Å². The van der Waals surface area contributed by atoms with E-state index in [0.29, 0.717) is 11.0 Å². The fraction of sp³-hybridized carbons (Fsp3) is 0.308. The van der Waals surface area contributed by atoms with Gasteiger partial charge in [-0.2, -0.15) is 0 Å². The maximum Gasteiger partial charge on any atom is 0.192 e. The molecule has 2 aromatic rings. The van der Waals surface area contributed by atoms with Crippen molar-refractivity contribution in [2.45, 2.75) is 13.8 Å². The third-order valence-corrected chi connectivity index (χ3v) is 2.77. The molecule has 0 saturated heterocycles. The highest BCUT2D eigenvalue weighted by Crippen LogP contribution is 2.19. The second kappa shape index (κ2) is 4.39. The second-order valence-electron chi connectivity index (χ2n) is 3.64. The first-order valence-electron chi connectivity index (χ1n) is 5.52. The standard InChI is InChI=1S/C13H15NO2/c1-3-14(4-2)10-5-6-11-12(15)7-8-16-13(11)9-10/h5-9H,3-4H2,1-2H3. The molecule has 0 N–H and O–H groups in total. The summed E-state index contributed by atoms with van der Waals surface area (Å²) in [5.41, 5.74) is 1.75. The molecule has 0 spiro atoms. The largest absolute Gasteiger partial charge is 0.464 e. The number of benzene rings is 1. The monoisotopic (exact) mass is 217 g/mol. The molecule has 3 heteroatoms. The summed E-state index contributed by atoms with van der Waals surface area (Å²) in [7, 11) is 0. The van der Waals surface area contributed by atoms with Gasteiger partial charge in [0.25, 0.3) is 0 Å². The van der Waals surface area contributed by atoms with E-state index in [-0.39, 0.29) is 5.43 Å². The minimum atomic E-state index is 0.00680. The van der Waals surface area contributed by atoms with Crippen molar-refractivity contribution in [2.24, 2.45) is 0 Å². The van der Waals surface area contributed by atoms with Gasteiger partial charge in [-0.15, -0.1) is 0 Å². The van der Waals surface area contributed by atoms with Crippen molar-refractivity contribution in [3.63, 3.8) is 0 Å². The Labute approximate surface area is 94.3 Å². The lowest BCUT2D eigenvalue weighted by atomic mass is 10.2. The number of anilines is 1. The van der Waals surface area contributed by atoms with E-state index in [4.69, 9.17) is 4.42 Å². The zero-order valence-corrected chi connectivity index (χ0v) is 9.56. The molecule has 0 aliphatic heterocycles. The van der Waals surface area contributed by atoms with Gasteiger partial charge in [0.1, 0.15) is 5.58 Å². The number of fused-ring (bicyclic) bond motifs is 1. The Hall–Kier alpha value is -1.77. The van der Waals surface area contributed by atoms with Crippen LogP contribution in [0.5, 0.6) is 0 Å². The minimum absolute atomic E-state index is 0.00680. The van der Waals surface area contributed by atoms with E-state index < -0.39 is 0 Å². The van der Waals surface area contributed by atoms with Crippen molar-refractivity contribution in [3.8, 4) is 0 Å². The maximum atomic E-state index is 11.5. The van der Waals surface area contributed by atoms with Gasteiger partial charge in [-0.1, -0.05) is 0 Å². The van der Waals surface area contributed by atoms with Gasteiger partial charge < -0.3 is 9.32 Å². The SMILES string of the molecule is CCN(CC)c1ccc2c(=O)ccoc2c1. The lowest BCUT2D eigenvalue weighted by Gasteiger charge is -2.20. The molecule has 0 fully saturated rings. The topological polar surface area (TPSA) is 33.5 Å². The van der Waals surface area contributed by atoms with Crippen LogP contribution in [-0.4, -0.2) is 13.1 Å². The summed E-state index contributed by atoms with van der Waals surface area (Å²) >= 11 is 0. The van der Waals surface area contributed by atoms with E-state index in [1.165, 1.54) is 12.3 Å². The van der Waals surface area contributed by atoms with Gasteiger partial charge >= 0.3 is 0 Å². The normalized spacial score (nSPS) is 10.6. The van der Waals surface area contributed by atoms with Crippen molar-refractivity contribution in [1.82, 2.24) is 0 Å². The van der Waals surface area contributed by atoms with Gasteiger partial charge in [-0.25, -0.2) is 0 Å². The van der Waals surface area contributed by atoms with Crippen molar-refractivity contribution in [3.05, 3.63) is 40.8 Å². The first kappa shape index (κ1) is 10.7. The van der Waals surface area contributed by atoms with Gasteiger partial charge in [-0.3, -0.25) is 4.79 Å². The molecule has 3 nitrogen and oxygen atoms in total. The lowest BCUT2D eigenvalue weighted by Crippen LogP contribution is -2.21. The van der Waals surface area contributed by atoms with Crippen molar-refractivity contribution >= 4 is 16.7 Å². The average Bonchev–Trinajstić information content (AvgIpc) is 2.31. The third-order valence-electron chi connectivity index (χ3n) is 2.77. The summed E-state index contributed by atoms with van der Waals surface area (Å²) in [5, 5.41) is 0.637. The molecule has 84 valence electrons. The van der Waals surface area contributed by atoms with Crippen molar-refractivity contribution in [2.75, 3.05) is 18.0 Å². The lowest BCUT2D eigenvalue weighted by molar-refractivity contribution is 0.602. The predicted molar refractivity (Wildman–Crippen MR) is 66.0 cm³/mol. The zero-order chi connectivity index (χ0) is 11.5. The Bertz CT molecular complexity index is 541. The Kier molecular flexibility index (Phi) is 2.95. The van der Waals surface area contributed by atoms with E-state index in [9.17, 15) is 4.79 Å². The Morgan fingerprint density at radius 2 is 1.94 bits per heavy atom. The fourth-order valence-electron chi connectivity index (χ4n) is 1.86. The summed E-state index contributed by atoms with van der Waals surface area (Å²) in [5.74, 6) is 0. The molecule has 0 amide bonds. The molecule has 16 heavy (non-hydrogen) atoms. The van der Waals surface area contributed by atoms with Crippen LogP contribution in [0.4, 0.5) is 5.69 Å². The molecular weight excluding hydrogens is 202 g/mol. The number of hydrogen-bond donors (Lipinski definition) is 0. The predicted octanol–water partition coefficient (Wildman–Crippen LogP) is 2.64. The molecule has 0 atom stereocenters. The molecule has 0 aliphatic carbocycles. The zero-order valence-electron chi connectivity index (χ0n) is 9.56. The maximum absolute atomic E-state index is 11.5. The molecule has 0 saturated carbocycles. The van der Waals surface area contributed by atoms with E-state index in [1.54, 1.807) is 0 Å². The van der Waals surface area contributed by atoms with Crippen LogP contribution in [0.1, 0.15) is 13.8 Å². The van der Waals surface area contributed by atoms with E-state index in [0.717, 1.165) is 18.8 Å². The highest BCUT2D eigenvalue weighted by atomic mass is 16.3. The second-order valence-corrected chi connectivity index (χ2v) is 3.64. The van der Waals surface area contributed by atoms with Gasteiger partial charge in [0, 0.05) is 30.9 Å². The van der Waals surface area contributed by atoms with Crippen LogP contribution in [0.2, 0.25) is 0 Å².